The smallest absolute Gasteiger partial charge is 0.214 e. The molecule has 2 N–H and O–H groups in total. The summed E-state index contributed by atoms with van der Waals surface area (Å²) >= 11 is 0. The lowest BCUT2D eigenvalue weighted by atomic mass is 10.2. The Labute approximate surface area is 76.8 Å². The topological polar surface area (TPSA) is 62.6 Å². The lowest BCUT2D eigenvalue weighted by Gasteiger charge is -2.07. The van der Waals surface area contributed by atoms with Gasteiger partial charge in [0.15, 0.2) is 0 Å². The van der Waals surface area contributed by atoms with Crippen molar-refractivity contribution < 1.29 is 14.9 Å². The number of nitrogens with zero attached hydrogens (tertiary/aromatic N) is 1. The summed E-state index contributed by atoms with van der Waals surface area (Å²) in [6.07, 6.45) is 0. The van der Waals surface area contributed by atoms with E-state index in [4.69, 9.17) is 9.84 Å². The molecule has 13 heavy (non-hydrogen) atoms. The van der Waals surface area contributed by atoms with E-state index < -0.39 is 0 Å². The van der Waals surface area contributed by atoms with E-state index in [1.165, 1.54) is 0 Å². The number of hydrogen-bond donors (Lipinski definition) is 2. The van der Waals surface area contributed by atoms with Crippen LogP contribution in [0, 0.1) is 13.8 Å². The van der Waals surface area contributed by atoms with E-state index >= 15 is 0 Å². The maximum Gasteiger partial charge on any atom is 0.214 e. The molecule has 4 heteroatoms. The van der Waals surface area contributed by atoms with Gasteiger partial charge in [0.05, 0.1) is 12.3 Å². The van der Waals surface area contributed by atoms with Crippen molar-refractivity contribution in [3.8, 4) is 11.6 Å². The monoisotopic (exact) mass is 183 g/mol. The van der Waals surface area contributed by atoms with Crippen molar-refractivity contribution >= 4 is 0 Å². The van der Waals surface area contributed by atoms with E-state index in [9.17, 15) is 5.11 Å². The number of rotatable bonds is 3. The van der Waals surface area contributed by atoms with Gasteiger partial charge in [-0.2, -0.15) is 0 Å². The fourth-order valence-electron chi connectivity index (χ4n) is 1.01. The summed E-state index contributed by atoms with van der Waals surface area (Å²) < 4.78 is 5.10. The van der Waals surface area contributed by atoms with Crippen molar-refractivity contribution in [3.05, 3.63) is 17.3 Å². The molecule has 1 rings (SSSR count). The zero-order chi connectivity index (χ0) is 9.84. The standard InChI is InChI=1S/C9H13NO3/c1-6-5-8(13-4-3-11)10-7(2)9(6)12/h5,11-12H,3-4H2,1-2H3. The van der Waals surface area contributed by atoms with Crippen LogP contribution in [-0.4, -0.2) is 28.4 Å². The lowest BCUT2D eigenvalue weighted by Crippen LogP contribution is -2.03. The first kappa shape index (κ1) is 9.80. The van der Waals surface area contributed by atoms with Gasteiger partial charge >= 0.3 is 0 Å². The number of hydrogen-bond acceptors (Lipinski definition) is 4. The van der Waals surface area contributed by atoms with Crippen LogP contribution in [0.3, 0.4) is 0 Å². The zero-order valence-corrected chi connectivity index (χ0v) is 7.74. The molecule has 0 atom stereocenters. The molecule has 0 aliphatic heterocycles. The third kappa shape index (κ3) is 2.32. The van der Waals surface area contributed by atoms with Gasteiger partial charge < -0.3 is 14.9 Å². The lowest BCUT2D eigenvalue weighted by molar-refractivity contribution is 0.196. The van der Waals surface area contributed by atoms with Crippen LogP contribution >= 0.6 is 0 Å². The van der Waals surface area contributed by atoms with Crippen molar-refractivity contribution in [1.29, 1.82) is 0 Å². The van der Waals surface area contributed by atoms with Crippen molar-refractivity contribution in [2.24, 2.45) is 0 Å². The molecule has 0 saturated heterocycles. The Balaban J connectivity index is 2.86. The highest BCUT2D eigenvalue weighted by Gasteiger charge is 2.04. The molecule has 0 spiro atoms. The second kappa shape index (κ2) is 4.09. The number of aryl methyl sites for hydroxylation is 2. The second-order valence-corrected chi connectivity index (χ2v) is 2.78. The van der Waals surface area contributed by atoms with Gasteiger partial charge in [-0.15, -0.1) is 0 Å². The summed E-state index contributed by atoms with van der Waals surface area (Å²) in [6.45, 7) is 3.65. The van der Waals surface area contributed by atoms with E-state index in [-0.39, 0.29) is 19.0 Å². The van der Waals surface area contributed by atoms with E-state index in [0.717, 1.165) is 5.56 Å². The van der Waals surface area contributed by atoms with Crippen LogP contribution in [0.2, 0.25) is 0 Å². The van der Waals surface area contributed by atoms with Crippen molar-refractivity contribution in [2.45, 2.75) is 13.8 Å². The number of pyridine rings is 1. The van der Waals surface area contributed by atoms with Crippen LogP contribution in [0.5, 0.6) is 11.6 Å². The number of aromatic hydroxyl groups is 1. The van der Waals surface area contributed by atoms with Crippen LogP contribution in [0.25, 0.3) is 0 Å². The SMILES string of the molecule is Cc1cc(OCCO)nc(C)c1O. The van der Waals surface area contributed by atoms with Gasteiger partial charge in [0.2, 0.25) is 5.88 Å². The number of ether oxygens (including phenoxy) is 1. The van der Waals surface area contributed by atoms with Gasteiger partial charge in [-0.1, -0.05) is 0 Å². The molecule has 0 unspecified atom stereocenters. The van der Waals surface area contributed by atoms with Gasteiger partial charge in [0.1, 0.15) is 12.4 Å². The first-order chi connectivity index (χ1) is 6.15. The summed E-state index contributed by atoms with van der Waals surface area (Å²) in [5, 5.41) is 17.9. The molecule has 72 valence electrons. The fourth-order valence-corrected chi connectivity index (χ4v) is 1.01. The summed E-state index contributed by atoms with van der Waals surface area (Å²) in [4.78, 5) is 3.99. The molecule has 0 fully saturated rings. The predicted octanol–water partition coefficient (Wildman–Crippen LogP) is 0.775. The molecule has 0 aliphatic rings. The van der Waals surface area contributed by atoms with Gasteiger partial charge in [-0.25, -0.2) is 4.98 Å². The molecule has 0 aromatic carbocycles. The Bertz CT molecular complexity index is 276. The molecule has 4 nitrogen and oxygen atoms in total. The minimum Gasteiger partial charge on any atom is -0.506 e. The van der Waals surface area contributed by atoms with Crippen LogP contribution in [0.4, 0.5) is 0 Å². The van der Waals surface area contributed by atoms with E-state index in [1.54, 1.807) is 19.9 Å². The third-order valence-corrected chi connectivity index (χ3v) is 1.68. The molecular formula is C9H13NO3. The van der Waals surface area contributed by atoms with E-state index in [0.29, 0.717) is 11.6 Å². The van der Waals surface area contributed by atoms with E-state index in [2.05, 4.69) is 4.98 Å². The van der Waals surface area contributed by atoms with Crippen LogP contribution < -0.4 is 4.74 Å². The highest BCUT2D eigenvalue weighted by molar-refractivity contribution is 5.37. The molecule has 0 aliphatic carbocycles. The Kier molecular flexibility index (Phi) is 3.08. The summed E-state index contributed by atoms with van der Waals surface area (Å²) in [7, 11) is 0. The minimum absolute atomic E-state index is 0.0410. The minimum atomic E-state index is -0.0410. The largest absolute Gasteiger partial charge is 0.506 e. The predicted molar refractivity (Wildman–Crippen MR) is 48.0 cm³/mol. The highest BCUT2D eigenvalue weighted by atomic mass is 16.5. The average Bonchev–Trinajstić information content (AvgIpc) is 2.10. The molecule has 1 heterocycles. The Morgan fingerprint density at radius 3 is 2.69 bits per heavy atom. The Hall–Kier alpha value is -1.29. The van der Waals surface area contributed by atoms with Gasteiger partial charge in [-0.3, -0.25) is 0 Å². The maximum atomic E-state index is 9.39. The van der Waals surface area contributed by atoms with Crippen LogP contribution in [0.15, 0.2) is 6.07 Å². The van der Waals surface area contributed by atoms with Crippen molar-refractivity contribution in [3.63, 3.8) is 0 Å². The van der Waals surface area contributed by atoms with Gasteiger partial charge in [0, 0.05) is 6.07 Å². The fraction of sp³-hybridized carbons (Fsp3) is 0.444. The average molecular weight is 183 g/mol. The molecule has 0 saturated carbocycles. The normalized spacial score (nSPS) is 10.1. The first-order valence-corrected chi connectivity index (χ1v) is 4.06. The summed E-state index contributed by atoms with van der Waals surface area (Å²) in [6, 6.07) is 1.64. The van der Waals surface area contributed by atoms with Crippen molar-refractivity contribution in [1.82, 2.24) is 4.98 Å². The molecule has 1 aromatic heterocycles. The molecule has 0 amide bonds. The van der Waals surface area contributed by atoms with Crippen LogP contribution in [-0.2, 0) is 0 Å². The van der Waals surface area contributed by atoms with Crippen LogP contribution in [0.1, 0.15) is 11.3 Å². The Morgan fingerprint density at radius 1 is 1.46 bits per heavy atom. The van der Waals surface area contributed by atoms with Gasteiger partial charge in [0.25, 0.3) is 0 Å². The molecule has 0 radical (unpaired) electrons. The quantitative estimate of drug-likeness (QED) is 0.726. The third-order valence-electron chi connectivity index (χ3n) is 1.68. The zero-order valence-electron chi connectivity index (χ0n) is 7.74. The first-order valence-electron chi connectivity index (χ1n) is 4.06. The van der Waals surface area contributed by atoms with Crippen molar-refractivity contribution in [2.75, 3.05) is 13.2 Å². The molecular weight excluding hydrogens is 170 g/mol. The summed E-state index contributed by atoms with van der Waals surface area (Å²) in [5.41, 5.74) is 1.26. The summed E-state index contributed by atoms with van der Waals surface area (Å²) in [5.74, 6) is 0.623. The number of aliphatic hydroxyl groups excluding tert-OH is 1. The van der Waals surface area contributed by atoms with E-state index in [1.807, 2.05) is 0 Å². The van der Waals surface area contributed by atoms with Gasteiger partial charge in [-0.05, 0) is 19.4 Å². The Morgan fingerprint density at radius 2 is 2.15 bits per heavy atom. The second-order valence-electron chi connectivity index (χ2n) is 2.78. The highest BCUT2D eigenvalue weighted by Crippen LogP contribution is 2.23. The molecule has 0 bridgehead atoms. The molecule has 1 aromatic rings. The number of aliphatic hydroxyl groups is 1. The number of aromatic nitrogens is 1. The maximum absolute atomic E-state index is 9.39.